The van der Waals surface area contributed by atoms with Crippen LogP contribution >= 0.6 is 0 Å². The number of hydrogen-bond acceptors (Lipinski definition) is 3. The van der Waals surface area contributed by atoms with Crippen molar-refractivity contribution in [2.75, 3.05) is 18.0 Å². The molecule has 0 bridgehead atoms. The molecule has 0 atom stereocenters. The molecular formula is C17H23N3. The van der Waals surface area contributed by atoms with Crippen LogP contribution in [0.3, 0.4) is 0 Å². The quantitative estimate of drug-likeness (QED) is 0.905. The summed E-state index contributed by atoms with van der Waals surface area (Å²) in [4.78, 5) is 7.34. The van der Waals surface area contributed by atoms with E-state index < -0.39 is 0 Å². The van der Waals surface area contributed by atoms with Crippen molar-refractivity contribution < 1.29 is 0 Å². The third kappa shape index (κ3) is 2.78. The van der Waals surface area contributed by atoms with Gasteiger partial charge in [0.15, 0.2) is 0 Å². The molecule has 1 aliphatic carbocycles. The second-order valence-corrected chi connectivity index (χ2v) is 5.64. The Morgan fingerprint density at radius 3 is 2.70 bits per heavy atom. The van der Waals surface area contributed by atoms with Crippen molar-refractivity contribution in [3.8, 4) is 0 Å². The predicted molar refractivity (Wildman–Crippen MR) is 85.0 cm³/mol. The van der Waals surface area contributed by atoms with E-state index in [1.54, 1.807) is 0 Å². The molecule has 0 amide bonds. The number of hydrogen-bond donors (Lipinski definition) is 1. The van der Waals surface area contributed by atoms with Crippen LogP contribution in [0.2, 0.25) is 0 Å². The second-order valence-electron chi connectivity index (χ2n) is 5.64. The Balaban J connectivity index is 1.90. The molecular weight excluding hydrogens is 246 g/mol. The lowest BCUT2D eigenvalue weighted by Gasteiger charge is -2.30. The fraction of sp³-hybridized carbons (Fsp3) is 0.471. The summed E-state index contributed by atoms with van der Waals surface area (Å²) in [7, 11) is 0. The van der Waals surface area contributed by atoms with Crippen LogP contribution in [0.15, 0.2) is 36.4 Å². The Morgan fingerprint density at radius 2 is 1.90 bits per heavy atom. The molecule has 0 unspecified atom stereocenters. The van der Waals surface area contributed by atoms with Crippen molar-refractivity contribution in [2.24, 2.45) is 5.73 Å². The number of nitrogens with zero attached hydrogens (tertiary/aromatic N) is 2. The fourth-order valence-electron chi connectivity index (χ4n) is 3.18. The number of pyridine rings is 1. The second kappa shape index (κ2) is 6.23. The lowest BCUT2D eigenvalue weighted by molar-refractivity contribution is 0.588. The van der Waals surface area contributed by atoms with Crippen molar-refractivity contribution in [1.29, 1.82) is 0 Å². The van der Waals surface area contributed by atoms with E-state index in [9.17, 15) is 0 Å². The lowest BCUT2D eigenvalue weighted by Crippen LogP contribution is -2.35. The number of benzene rings is 1. The highest BCUT2D eigenvalue weighted by Gasteiger charge is 2.23. The Hall–Kier alpha value is -1.61. The van der Waals surface area contributed by atoms with Crippen molar-refractivity contribution in [3.63, 3.8) is 0 Å². The van der Waals surface area contributed by atoms with Crippen LogP contribution in [0.1, 0.15) is 32.1 Å². The Kier molecular flexibility index (Phi) is 4.16. The average molecular weight is 269 g/mol. The monoisotopic (exact) mass is 269 g/mol. The standard InChI is InChI=1S/C17H23N3/c18-12-5-13-20(15-7-2-3-8-15)17-11-10-14-6-1-4-9-16(14)19-17/h1,4,6,9-11,15H,2-3,5,7-8,12-13,18H2. The highest BCUT2D eigenvalue weighted by Crippen LogP contribution is 2.28. The van der Waals surface area contributed by atoms with Gasteiger partial charge >= 0.3 is 0 Å². The highest BCUT2D eigenvalue weighted by molar-refractivity contribution is 5.80. The maximum absolute atomic E-state index is 5.70. The molecule has 106 valence electrons. The van der Waals surface area contributed by atoms with E-state index in [1.165, 1.54) is 31.1 Å². The number of nitrogens with two attached hydrogens (primary N) is 1. The molecule has 1 aromatic heterocycles. The summed E-state index contributed by atoms with van der Waals surface area (Å²) in [5, 5.41) is 1.21. The van der Waals surface area contributed by atoms with Gasteiger partial charge in [0.2, 0.25) is 0 Å². The first-order valence-electron chi connectivity index (χ1n) is 7.71. The fourth-order valence-corrected chi connectivity index (χ4v) is 3.18. The molecule has 2 aromatic rings. The summed E-state index contributed by atoms with van der Waals surface area (Å²) in [5.41, 5.74) is 6.78. The summed E-state index contributed by atoms with van der Waals surface area (Å²) in [5.74, 6) is 1.11. The summed E-state index contributed by atoms with van der Waals surface area (Å²) in [6.45, 7) is 1.77. The first kappa shape index (κ1) is 13.4. The summed E-state index contributed by atoms with van der Waals surface area (Å²) in [6, 6.07) is 13.3. The van der Waals surface area contributed by atoms with Gasteiger partial charge in [0.05, 0.1) is 5.52 Å². The topological polar surface area (TPSA) is 42.1 Å². The number of rotatable bonds is 5. The molecule has 2 N–H and O–H groups in total. The van der Waals surface area contributed by atoms with Gasteiger partial charge in [-0.15, -0.1) is 0 Å². The minimum Gasteiger partial charge on any atom is -0.354 e. The molecule has 0 aliphatic heterocycles. The van der Waals surface area contributed by atoms with E-state index in [2.05, 4.69) is 41.3 Å². The third-order valence-corrected chi connectivity index (χ3v) is 4.25. The number of para-hydroxylation sites is 1. The van der Waals surface area contributed by atoms with E-state index in [0.29, 0.717) is 6.04 Å². The van der Waals surface area contributed by atoms with Crippen molar-refractivity contribution in [3.05, 3.63) is 36.4 Å². The van der Waals surface area contributed by atoms with E-state index in [0.717, 1.165) is 30.8 Å². The van der Waals surface area contributed by atoms with E-state index >= 15 is 0 Å². The predicted octanol–water partition coefficient (Wildman–Crippen LogP) is 3.33. The minimum atomic E-state index is 0.648. The van der Waals surface area contributed by atoms with Gasteiger partial charge in [-0.3, -0.25) is 0 Å². The molecule has 3 heteroatoms. The molecule has 1 heterocycles. The summed E-state index contributed by atoms with van der Waals surface area (Å²) < 4.78 is 0. The Labute approximate surface area is 120 Å². The Bertz CT molecular complexity index is 561. The van der Waals surface area contributed by atoms with Crippen molar-refractivity contribution in [2.45, 2.75) is 38.1 Å². The van der Waals surface area contributed by atoms with Crippen LogP contribution < -0.4 is 10.6 Å². The minimum absolute atomic E-state index is 0.648. The van der Waals surface area contributed by atoms with Gasteiger partial charge in [-0.25, -0.2) is 4.98 Å². The molecule has 3 nitrogen and oxygen atoms in total. The maximum atomic E-state index is 5.70. The van der Waals surface area contributed by atoms with Crippen molar-refractivity contribution >= 4 is 16.7 Å². The van der Waals surface area contributed by atoms with Gasteiger partial charge in [0.25, 0.3) is 0 Å². The van der Waals surface area contributed by atoms with E-state index in [1.807, 2.05) is 0 Å². The Morgan fingerprint density at radius 1 is 1.10 bits per heavy atom. The van der Waals surface area contributed by atoms with Crippen LogP contribution in [-0.2, 0) is 0 Å². The van der Waals surface area contributed by atoms with Crippen LogP contribution in [-0.4, -0.2) is 24.1 Å². The zero-order chi connectivity index (χ0) is 13.8. The molecule has 1 aromatic carbocycles. The van der Waals surface area contributed by atoms with Gasteiger partial charge in [-0.2, -0.15) is 0 Å². The van der Waals surface area contributed by atoms with Crippen molar-refractivity contribution in [1.82, 2.24) is 4.98 Å². The van der Waals surface area contributed by atoms with Gasteiger partial charge in [0, 0.05) is 18.0 Å². The molecule has 0 radical (unpaired) electrons. The summed E-state index contributed by atoms with van der Waals surface area (Å²) in [6.07, 6.45) is 6.30. The zero-order valence-corrected chi connectivity index (χ0v) is 12.0. The lowest BCUT2D eigenvalue weighted by atomic mass is 10.1. The largest absolute Gasteiger partial charge is 0.354 e. The van der Waals surface area contributed by atoms with E-state index in [-0.39, 0.29) is 0 Å². The molecule has 20 heavy (non-hydrogen) atoms. The maximum Gasteiger partial charge on any atom is 0.129 e. The van der Waals surface area contributed by atoms with Crippen LogP contribution in [0.5, 0.6) is 0 Å². The van der Waals surface area contributed by atoms with Gasteiger partial charge in [-0.1, -0.05) is 31.0 Å². The summed E-state index contributed by atoms with van der Waals surface area (Å²) >= 11 is 0. The third-order valence-electron chi connectivity index (χ3n) is 4.25. The first-order chi connectivity index (χ1) is 9.88. The molecule has 0 saturated heterocycles. The first-order valence-corrected chi connectivity index (χ1v) is 7.71. The zero-order valence-electron chi connectivity index (χ0n) is 12.0. The molecule has 3 rings (SSSR count). The number of fused-ring (bicyclic) bond motifs is 1. The molecule has 1 aliphatic rings. The highest BCUT2D eigenvalue weighted by atomic mass is 15.2. The number of anilines is 1. The van der Waals surface area contributed by atoms with Crippen LogP contribution in [0.25, 0.3) is 10.9 Å². The SMILES string of the molecule is NCCCN(c1ccc2ccccc2n1)C1CCCC1. The smallest absolute Gasteiger partial charge is 0.129 e. The average Bonchev–Trinajstić information content (AvgIpc) is 3.02. The van der Waals surface area contributed by atoms with Gasteiger partial charge in [0.1, 0.15) is 5.82 Å². The normalized spacial score (nSPS) is 15.8. The number of aromatic nitrogens is 1. The molecule has 0 spiro atoms. The van der Waals surface area contributed by atoms with Crippen LogP contribution in [0, 0.1) is 0 Å². The van der Waals surface area contributed by atoms with E-state index in [4.69, 9.17) is 10.7 Å². The van der Waals surface area contributed by atoms with Gasteiger partial charge in [-0.05, 0) is 44.0 Å². The van der Waals surface area contributed by atoms with Crippen LogP contribution in [0.4, 0.5) is 5.82 Å². The molecule has 1 saturated carbocycles. The van der Waals surface area contributed by atoms with Gasteiger partial charge < -0.3 is 10.6 Å². The molecule has 1 fully saturated rings.